The minimum atomic E-state index is -0.513. The van der Waals surface area contributed by atoms with Gasteiger partial charge in [0.2, 0.25) is 5.91 Å². The van der Waals surface area contributed by atoms with Gasteiger partial charge < -0.3 is 5.32 Å². The molecule has 22 heavy (non-hydrogen) atoms. The fourth-order valence-electron chi connectivity index (χ4n) is 1.77. The number of amides is 1. The SMILES string of the molecule is CC(=O)Nc1ccc(Sc2ccc(C=O)cc2[N+](=O)[O-])cc1. The topological polar surface area (TPSA) is 89.3 Å². The maximum absolute atomic E-state index is 11.1. The van der Waals surface area contributed by atoms with Gasteiger partial charge in [-0.1, -0.05) is 17.8 Å². The molecule has 0 radical (unpaired) electrons. The highest BCUT2D eigenvalue weighted by atomic mass is 32.2. The van der Waals surface area contributed by atoms with Gasteiger partial charge in [0.25, 0.3) is 5.69 Å². The van der Waals surface area contributed by atoms with Crippen LogP contribution >= 0.6 is 11.8 Å². The molecule has 0 unspecified atom stereocenters. The van der Waals surface area contributed by atoms with Crippen LogP contribution in [-0.2, 0) is 4.79 Å². The van der Waals surface area contributed by atoms with Crippen molar-refractivity contribution in [1.82, 2.24) is 0 Å². The van der Waals surface area contributed by atoms with Crippen molar-refractivity contribution in [1.29, 1.82) is 0 Å². The van der Waals surface area contributed by atoms with Crippen LogP contribution in [0.2, 0.25) is 0 Å². The summed E-state index contributed by atoms with van der Waals surface area (Å²) in [5.74, 6) is -0.166. The summed E-state index contributed by atoms with van der Waals surface area (Å²) < 4.78 is 0. The molecule has 2 aromatic carbocycles. The number of carbonyl (C=O) groups is 2. The third-order valence-electron chi connectivity index (χ3n) is 2.72. The quantitative estimate of drug-likeness (QED) is 0.518. The van der Waals surface area contributed by atoms with Crippen LogP contribution in [-0.4, -0.2) is 17.1 Å². The number of hydrogen-bond donors (Lipinski definition) is 1. The molecular formula is C15H12N2O4S. The van der Waals surface area contributed by atoms with E-state index in [1.165, 1.54) is 30.8 Å². The number of aldehydes is 1. The van der Waals surface area contributed by atoms with Crippen LogP contribution in [0.15, 0.2) is 52.3 Å². The van der Waals surface area contributed by atoms with Gasteiger partial charge in [0.05, 0.1) is 9.82 Å². The number of carbonyl (C=O) groups excluding carboxylic acids is 2. The smallest absolute Gasteiger partial charge is 0.283 e. The molecule has 1 N–H and O–H groups in total. The zero-order chi connectivity index (χ0) is 16.1. The third kappa shape index (κ3) is 3.92. The largest absolute Gasteiger partial charge is 0.326 e. The van der Waals surface area contributed by atoms with Crippen LogP contribution in [0.3, 0.4) is 0 Å². The minimum absolute atomic E-state index is 0.111. The van der Waals surface area contributed by atoms with E-state index in [4.69, 9.17) is 0 Å². The number of anilines is 1. The maximum Gasteiger partial charge on any atom is 0.283 e. The Morgan fingerprint density at radius 2 is 1.91 bits per heavy atom. The monoisotopic (exact) mass is 316 g/mol. The van der Waals surface area contributed by atoms with Gasteiger partial charge in [-0.25, -0.2) is 0 Å². The van der Waals surface area contributed by atoms with Crippen molar-refractivity contribution in [3.05, 3.63) is 58.1 Å². The van der Waals surface area contributed by atoms with E-state index in [9.17, 15) is 19.7 Å². The number of rotatable bonds is 5. The zero-order valence-corrected chi connectivity index (χ0v) is 12.4. The van der Waals surface area contributed by atoms with E-state index < -0.39 is 4.92 Å². The Morgan fingerprint density at radius 3 is 2.45 bits per heavy atom. The summed E-state index contributed by atoms with van der Waals surface area (Å²) in [5.41, 5.74) is 0.806. The molecular weight excluding hydrogens is 304 g/mol. The Balaban J connectivity index is 2.24. The second-order valence-corrected chi connectivity index (χ2v) is 5.53. The molecule has 0 spiro atoms. The Labute approximate surface area is 130 Å². The first-order valence-corrected chi connectivity index (χ1v) is 7.10. The number of nitro benzene ring substituents is 1. The predicted octanol–water partition coefficient (Wildman–Crippen LogP) is 3.52. The van der Waals surface area contributed by atoms with Crippen LogP contribution in [0.5, 0.6) is 0 Å². The van der Waals surface area contributed by atoms with Crippen LogP contribution < -0.4 is 5.32 Å². The molecule has 0 aliphatic carbocycles. The highest BCUT2D eigenvalue weighted by Crippen LogP contribution is 2.35. The van der Waals surface area contributed by atoms with Crippen molar-refractivity contribution in [2.24, 2.45) is 0 Å². The van der Waals surface area contributed by atoms with Crippen LogP contribution in [0.4, 0.5) is 11.4 Å². The van der Waals surface area contributed by atoms with Gasteiger partial charge in [0.15, 0.2) is 0 Å². The lowest BCUT2D eigenvalue weighted by molar-refractivity contribution is -0.387. The molecule has 0 aromatic heterocycles. The molecule has 2 aromatic rings. The van der Waals surface area contributed by atoms with Gasteiger partial charge in [0, 0.05) is 29.1 Å². The highest BCUT2D eigenvalue weighted by Gasteiger charge is 2.15. The summed E-state index contributed by atoms with van der Waals surface area (Å²) in [6, 6.07) is 11.3. The van der Waals surface area contributed by atoms with Gasteiger partial charge in [-0.15, -0.1) is 0 Å². The fourth-order valence-corrected chi connectivity index (χ4v) is 2.67. The van der Waals surface area contributed by atoms with Gasteiger partial charge >= 0.3 is 0 Å². The standard InChI is InChI=1S/C15H12N2O4S/c1-10(19)16-12-3-5-13(6-4-12)22-15-7-2-11(9-18)8-14(15)17(20)21/h2-9H,1H3,(H,16,19). The predicted molar refractivity (Wildman–Crippen MR) is 83.4 cm³/mol. The van der Waals surface area contributed by atoms with Crippen LogP contribution in [0.25, 0.3) is 0 Å². The molecule has 0 fully saturated rings. The van der Waals surface area contributed by atoms with Crippen LogP contribution in [0.1, 0.15) is 17.3 Å². The molecule has 0 aliphatic rings. The van der Waals surface area contributed by atoms with Crippen molar-refractivity contribution >= 4 is 35.3 Å². The molecule has 7 heteroatoms. The van der Waals surface area contributed by atoms with Crippen LogP contribution in [0, 0.1) is 10.1 Å². The second kappa shape index (κ2) is 6.86. The fraction of sp³-hybridized carbons (Fsp3) is 0.0667. The van der Waals surface area contributed by atoms with E-state index in [0.717, 1.165) is 4.90 Å². The number of hydrogen-bond acceptors (Lipinski definition) is 5. The average molecular weight is 316 g/mol. The highest BCUT2D eigenvalue weighted by molar-refractivity contribution is 7.99. The summed E-state index contributed by atoms with van der Waals surface area (Å²) in [6.45, 7) is 1.42. The minimum Gasteiger partial charge on any atom is -0.326 e. The van der Waals surface area contributed by atoms with E-state index in [0.29, 0.717) is 16.9 Å². The normalized spacial score (nSPS) is 10.0. The van der Waals surface area contributed by atoms with Gasteiger partial charge in [-0.05, 0) is 30.3 Å². The summed E-state index contributed by atoms with van der Waals surface area (Å²) in [6.07, 6.45) is 0.573. The Hall–Kier alpha value is -2.67. The lowest BCUT2D eigenvalue weighted by Gasteiger charge is -2.05. The number of nitrogens with one attached hydrogen (secondary N) is 1. The first-order valence-electron chi connectivity index (χ1n) is 6.28. The lowest BCUT2D eigenvalue weighted by Crippen LogP contribution is -2.05. The lowest BCUT2D eigenvalue weighted by atomic mass is 10.2. The van der Waals surface area contributed by atoms with E-state index >= 15 is 0 Å². The van der Waals surface area contributed by atoms with Gasteiger partial charge in [-0.2, -0.15) is 0 Å². The van der Waals surface area contributed by atoms with Crippen molar-refractivity contribution in [3.63, 3.8) is 0 Å². The van der Waals surface area contributed by atoms with Gasteiger partial charge in [0.1, 0.15) is 6.29 Å². The third-order valence-corrected chi connectivity index (χ3v) is 3.79. The Kier molecular flexibility index (Phi) is 4.90. The van der Waals surface area contributed by atoms with Gasteiger partial charge in [-0.3, -0.25) is 19.7 Å². The maximum atomic E-state index is 11.1. The first-order chi connectivity index (χ1) is 10.5. The molecule has 1 amide bonds. The molecule has 2 rings (SSSR count). The number of nitro groups is 1. The van der Waals surface area contributed by atoms with Crippen molar-refractivity contribution in [2.75, 3.05) is 5.32 Å². The summed E-state index contributed by atoms with van der Waals surface area (Å²) >= 11 is 1.22. The number of nitrogens with zero attached hydrogens (tertiary/aromatic N) is 1. The van der Waals surface area contributed by atoms with E-state index in [2.05, 4.69) is 5.32 Å². The molecule has 6 nitrogen and oxygen atoms in total. The molecule has 0 aliphatic heterocycles. The first kappa shape index (κ1) is 15.7. The molecule has 0 saturated heterocycles. The van der Waals surface area contributed by atoms with Crippen molar-refractivity contribution in [3.8, 4) is 0 Å². The average Bonchev–Trinajstić information content (AvgIpc) is 2.49. The second-order valence-electron chi connectivity index (χ2n) is 4.41. The van der Waals surface area contributed by atoms with Crippen molar-refractivity contribution < 1.29 is 14.5 Å². The molecule has 0 heterocycles. The zero-order valence-electron chi connectivity index (χ0n) is 11.6. The van der Waals surface area contributed by atoms with E-state index in [-0.39, 0.29) is 17.2 Å². The molecule has 0 bridgehead atoms. The van der Waals surface area contributed by atoms with E-state index in [1.807, 2.05) is 0 Å². The number of benzene rings is 2. The Morgan fingerprint density at radius 1 is 1.23 bits per heavy atom. The molecule has 112 valence electrons. The van der Waals surface area contributed by atoms with E-state index in [1.54, 1.807) is 30.3 Å². The molecule has 0 atom stereocenters. The summed E-state index contributed by atoms with van der Waals surface area (Å²) in [4.78, 5) is 33.5. The van der Waals surface area contributed by atoms with Crippen molar-refractivity contribution in [2.45, 2.75) is 16.7 Å². The Bertz CT molecular complexity index is 729. The summed E-state index contributed by atoms with van der Waals surface area (Å²) in [7, 11) is 0. The molecule has 0 saturated carbocycles. The summed E-state index contributed by atoms with van der Waals surface area (Å²) in [5, 5.41) is 13.7.